The maximum absolute atomic E-state index is 12.1. The highest BCUT2D eigenvalue weighted by Crippen LogP contribution is 2.18. The van der Waals surface area contributed by atoms with Gasteiger partial charge in [0.1, 0.15) is 0 Å². The fourth-order valence-electron chi connectivity index (χ4n) is 0.878. The van der Waals surface area contributed by atoms with Gasteiger partial charge in [-0.05, 0) is 5.56 Å². The van der Waals surface area contributed by atoms with Gasteiger partial charge in [-0.3, -0.25) is 4.79 Å². The Bertz CT molecular complexity index is 353. The fraction of sp³-hybridized carbons (Fsp3) is 0.222. The van der Waals surface area contributed by atoms with Crippen LogP contribution >= 0.6 is 0 Å². The third-order valence-electron chi connectivity index (χ3n) is 1.49. The molecule has 1 rings (SSSR count). The molecule has 0 unspecified atom stereocenters. The van der Waals surface area contributed by atoms with Crippen molar-refractivity contribution in [2.45, 2.75) is 12.8 Å². The number of benzene rings is 1. The van der Waals surface area contributed by atoms with Crippen molar-refractivity contribution in [1.82, 2.24) is 0 Å². The summed E-state index contributed by atoms with van der Waals surface area (Å²) in [5, 5.41) is 8.44. The zero-order valence-electron chi connectivity index (χ0n) is 7.63. The second kappa shape index (κ2) is 3.98. The van der Waals surface area contributed by atoms with E-state index in [1.807, 2.05) is 0 Å². The number of carboxylic acid groups (broad SMARTS) is 1. The molecule has 0 fully saturated rings. The number of alkyl halides is 2. The summed E-state index contributed by atoms with van der Waals surface area (Å²) in [6.45, 7) is 0. The molecule has 70 valence electrons. The minimum atomic E-state index is -2.63. The van der Waals surface area contributed by atoms with Crippen LogP contribution in [0.25, 0.3) is 0 Å². The number of hydrogen-bond acceptors (Lipinski definition) is 1. The van der Waals surface area contributed by atoms with Gasteiger partial charge in [-0.25, -0.2) is 8.78 Å². The Kier molecular flexibility index (Phi) is 2.50. The molecule has 1 aromatic rings. The van der Waals surface area contributed by atoms with E-state index in [-0.39, 0.29) is 23.6 Å². The summed E-state index contributed by atoms with van der Waals surface area (Å²) < 4.78 is 31.6. The van der Waals surface area contributed by atoms with E-state index in [1.54, 1.807) is 0 Å². The monoisotopic (exact) mass is 187 g/mol. The van der Waals surface area contributed by atoms with Gasteiger partial charge in [0.2, 0.25) is 0 Å². The summed E-state index contributed by atoms with van der Waals surface area (Å²) in [4.78, 5) is 10.3. The van der Waals surface area contributed by atoms with Crippen molar-refractivity contribution < 1.29 is 20.1 Å². The first kappa shape index (κ1) is 8.16. The van der Waals surface area contributed by atoms with Gasteiger partial charge in [-0.2, -0.15) is 0 Å². The molecular formula is C9H8F2O2. The van der Waals surface area contributed by atoms with Gasteiger partial charge in [0, 0.05) is 5.56 Å². The third-order valence-corrected chi connectivity index (χ3v) is 1.49. The Morgan fingerprint density at radius 2 is 2.23 bits per heavy atom. The van der Waals surface area contributed by atoms with Crippen molar-refractivity contribution in [3.05, 3.63) is 35.4 Å². The molecule has 13 heavy (non-hydrogen) atoms. The van der Waals surface area contributed by atoms with Crippen LogP contribution in [-0.4, -0.2) is 11.1 Å². The van der Waals surface area contributed by atoms with Crippen molar-refractivity contribution in [3.8, 4) is 0 Å². The molecule has 0 aromatic heterocycles. The topological polar surface area (TPSA) is 37.3 Å². The first-order valence-electron chi connectivity index (χ1n) is 4.10. The van der Waals surface area contributed by atoms with Gasteiger partial charge in [-0.15, -0.1) is 0 Å². The van der Waals surface area contributed by atoms with E-state index in [0.717, 1.165) is 12.1 Å². The predicted molar refractivity (Wildman–Crippen MR) is 42.7 cm³/mol. The number of aliphatic carboxylic acids is 1. The van der Waals surface area contributed by atoms with Crippen LogP contribution in [0, 0.1) is 0 Å². The normalized spacial score (nSPS) is 11.5. The highest BCUT2D eigenvalue weighted by atomic mass is 19.3. The minimum Gasteiger partial charge on any atom is -0.481 e. The first-order valence-corrected chi connectivity index (χ1v) is 3.60. The lowest BCUT2D eigenvalue weighted by Crippen LogP contribution is -1.99. The molecule has 0 aliphatic carbocycles. The maximum Gasteiger partial charge on any atom is 0.307 e. The summed E-state index contributed by atoms with van der Waals surface area (Å²) in [6, 6.07) is 3.22. The molecule has 0 saturated carbocycles. The van der Waals surface area contributed by atoms with E-state index >= 15 is 0 Å². The van der Waals surface area contributed by atoms with Crippen LogP contribution in [-0.2, 0) is 11.2 Å². The quantitative estimate of drug-likeness (QED) is 0.787. The summed E-state index contributed by atoms with van der Waals surface area (Å²) in [5.41, 5.74) is -0.0222. The molecule has 0 radical (unpaired) electrons. The standard InChI is InChI=1S/C9H8F2O2/c10-9(11)7-3-1-6(2-4-7)5-8(12)13/h1-4,9H,5H2,(H,12,13)/i1D. The molecule has 0 saturated heterocycles. The number of rotatable bonds is 3. The molecule has 0 bridgehead atoms. The van der Waals surface area contributed by atoms with Crippen LogP contribution in [0.5, 0.6) is 0 Å². The molecule has 2 nitrogen and oxygen atoms in total. The third kappa shape index (κ3) is 2.82. The van der Waals surface area contributed by atoms with E-state index in [0.29, 0.717) is 0 Å². The zero-order chi connectivity index (χ0) is 10.7. The second-order valence-corrected chi connectivity index (χ2v) is 2.52. The summed E-state index contributed by atoms with van der Waals surface area (Å²) >= 11 is 0. The SMILES string of the molecule is [2H]c1cc(C(F)F)ccc1CC(=O)O. The molecule has 0 aliphatic rings. The Morgan fingerprint density at radius 3 is 2.69 bits per heavy atom. The molecule has 0 atom stereocenters. The van der Waals surface area contributed by atoms with Crippen LogP contribution in [0.3, 0.4) is 0 Å². The zero-order valence-corrected chi connectivity index (χ0v) is 6.63. The van der Waals surface area contributed by atoms with Gasteiger partial charge in [-0.1, -0.05) is 24.2 Å². The molecule has 0 aliphatic heterocycles. The van der Waals surface area contributed by atoms with E-state index in [9.17, 15) is 13.6 Å². The van der Waals surface area contributed by atoms with Gasteiger partial charge < -0.3 is 5.11 Å². The van der Waals surface area contributed by atoms with Crippen molar-refractivity contribution in [3.63, 3.8) is 0 Å². The molecule has 4 heteroatoms. The van der Waals surface area contributed by atoms with Gasteiger partial charge >= 0.3 is 5.97 Å². The highest BCUT2D eigenvalue weighted by molar-refractivity contribution is 5.70. The van der Waals surface area contributed by atoms with Crippen molar-refractivity contribution in [1.29, 1.82) is 0 Å². The number of hydrogen-bond donors (Lipinski definition) is 1. The van der Waals surface area contributed by atoms with E-state index in [1.165, 1.54) is 6.07 Å². The first-order chi connectivity index (χ1) is 6.50. The van der Waals surface area contributed by atoms with Crippen LogP contribution in [0.1, 0.15) is 18.9 Å². The van der Waals surface area contributed by atoms with E-state index in [4.69, 9.17) is 6.48 Å². The lowest BCUT2D eigenvalue weighted by molar-refractivity contribution is -0.136. The molecule has 0 amide bonds. The average Bonchev–Trinajstić information content (AvgIpc) is 2.07. The Balaban J connectivity index is 2.95. The summed E-state index contributed by atoms with van der Waals surface area (Å²) in [6.07, 6.45) is -2.94. The summed E-state index contributed by atoms with van der Waals surface area (Å²) in [5.74, 6) is -1.08. The maximum atomic E-state index is 12.1. The Hall–Kier alpha value is -1.45. The Labute approximate surface area is 75.2 Å². The summed E-state index contributed by atoms with van der Waals surface area (Å²) in [7, 11) is 0. The lowest BCUT2D eigenvalue weighted by atomic mass is 10.1. The molecule has 0 heterocycles. The van der Waals surface area contributed by atoms with Crippen LogP contribution in [0.2, 0.25) is 0 Å². The largest absolute Gasteiger partial charge is 0.481 e. The van der Waals surface area contributed by atoms with E-state index in [2.05, 4.69) is 0 Å². The fourth-order valence-corrected chi connectivity index (χ4v) is 0.878. The van der Waals surface area contributed by atoms with Crippen LogP contribution in [0.15, 0.2) is 24.2 Å². The smallest absolute Gasteiger partial charge is 0.307 e. The minimum absolute atomic E-state index is 0.162. The number of halogens is 2. The van der Waals surface area contributed by atoms with Crippen molar-refractivity contribution >= 4 is 5.97 Å². The average molecular weight is 187 g/mol. The van der Waals surface area contributed by atoms with Gasteiger partial charge in [0.05, 0.1) is 7.79 Å². The molecular weight excluding hydrogens is 178 g/mol. The molecule has 1 aromatic carbocycles. The molecule has 0 spiro atoms. The Morgan fingerprint density at radius 1 is 1.54 bits per heavy atom. The predicted octanol–water partition coefficient (Wildman–Crippen LogP) is 2.25. The van der Waals surface area contributed by atoms with Crippen molar-refractivity contribution in [2.24, 2.45) is 0 Å². The van der Waals surface area contributed by atoms with Crippen molar-refractivity contribution in [2.75, 3.05) is 0 Å². The van der Waals surface area contributed by atoms with Gasteiger partial charge in [0.15, 0.2) is 0 Å². The van der Waals surface area contributed by atoms with Crippen LogP contribution in [0.4, 0.5) is 8.78 Å². The van der Waals surface area contributed by atoms with E-state index < -0.39 is 12.4 Å². The molecule has 1 N–H and O–H groups in total. The van der Waals surface area contributed by atoms with Crippen LogP contribution < -0.4 is 0 Å². The number of carbonyl (C=O) groups is 1. The van der Waals surface area contributed by atoms with Gasteiger partial charge in [0.25, 0.3) is 6.43 Å². The number of carboxylic acids is 1. The highest BCUT2D eigenvalue weighted by Gasteiger charge is 2.06. The lowest BCUT2D eigenvalue weighted by Gasteiger charge is -2.00. The second-order valence-electron chi connectivity index (χ2n) is 2.52.